The summed E-state index contributed by atoms with van der Waals surface area (Å²) in [6.45, 7) is 6.20. The molecule has 0 unspecified atom stereocenters. The summed E-state index contributed by atoms with van der Waals surface area (Å²) in [5.41, 5.74) is -0.334. The minimum atomic E-state index is -1.16. The first-order valence-corrected chi connectivity index (χ1v) is 5.42. The van der Waals surface area contributed by atoms with Gasteiger partial charge in [-0.2, -0.15) is 0 Å². The second-order valence-corrected chi connectivity index (χ2v) is 5.05. The predicted molar refractivity (Wildman–Crippen MR) is 60.7 cm³/mol. The Morgan fingerprint density at radius 1 is 1.29 bits per heavy atom. The van der Waals surface area contributed by atoms with Gasteiger partial charge < -0.3 is 4.74 Å². The fourth-order valence-corrected chi connectivity index (χ4v) is 1.19. The number of rotatable bonds is 3. The zero-order chi connectivity index (χ0) is 13.1. The summed E-state index contributed by atoms with van der Waals surface area (Å²) in [7, 11) is 0. The van der Waals surface area contributed by atoms with Gasteiger partial charge in [0.2, 0.25) is 0 Å². The average molecular weight is 242 g/mol. The van der Waals surface area contributed by atoms with Gasteiger partial charge in [0, 0.05) is 0 Å². The number of halogens is 2. The van der Waals surface area contributed by atoms with E-state index in [1.165, 1.54) is 12.1 Å². The third-order valence-electron chi connectivity index (χ3n) is 2.26. The highest BCUT2D eigenvalue weighted by Gasteiger charge is 2.17. The lowest BCUT2D eigenvalue weighted by molar-refractivity contribution is 0.0458. The normalized spacial score (nSPS) is 11.4. The van der Waals surface area contributed by atoms with Crippen LogP contribution in [0.1, 0.15) is 37.6 Å². The SMILES string of the molecule is CC(C)(C)CCOC(=O)c1cccc(F)c1F. The molecule has 0 radical (unpaired) electrons. The maximum Gasteiger partial charge on any atom is 0.341 e. The van der Waals surface area contributed by atoms with Gasteiger partial charge >= 0.3 is 5.97 Å². The summed E-state index contributed by atoms with van der Waals surface area (Å²) < 4.78 is 31.0. The molecule has 0 saturated carbocycles. The van der Waals surface area contributed by atoms with Gasteiger partial charge in [-0.25, -0.2) is 13.6 Å². The van der Waals surface area contributed by atoms with Crippen LogP contribution in [0.25, 0.3) is 0 Å². The second kappa shape index (κ2) is 5.25. The van der Waals surface area contributed by atoms with E-state index in [0.29, 0.717) is 6.42 Å². The van der Waals surface area contributed by atoms with Crippen molar-refractivity contribution in [1.29, 1.82) is 0 Å². The van der Waals surface area contributed by atoms with E-state index in [4.69, 9.17) is 4.74 Å². The fraction of sp³-hybridized carbons (Fsp3) is 0.462. The lowest BCUT2D eigenvalue weighted by atomic mass is 9.93. The standard InChI is InChI=1S/C13H16F2O2/c1-13(2,3)7-8-17-12(16)9-5-4-6-10(14)11(9)15/h4-6H,7-8H2,1-3H3. The van der Waals surface area contributed by atoms with Crippen molar-refractivity contribution in [2.45, 2.75) is 27.2 Å². The lowest BCUT2D eigenvalue weighted by Gasteiger charge is -2.17. The van der Waals surface area contributed by atoms with E-state index >= 15 is 0 Å². The number of carbonyl (C=O) groups is 1. The van der Waals surface area contributed by atoms with Crippen molar-refractivity contribution < 1.29 is 18.3 Å². The smallest absolute Gasteiger partial charge is 0.341 e. The van der Waals surface area contributed by atoms with E-state index < -0.39 is 17.6 Å². The number of ether oxygens (including phenoxy) is 1. The molecule has 0 spiro atoms. The molecule has 4 heteroatoms. The monoisotopic (exact) mass is 242 g/mol. The summed E-state index contributed by atoms with van der Waals surface area (Å²) in [4.78, 5) is 11.5. The molecule has 0 fully saturated rings. The minimum Gasteiger partial charge on any atom is -0.462 e. The number of esters is 1. The van der Waals surface area contributed by atoms with Crippen LogP contribution in [0.2, 0.25) is 0 Å². The Labute approximate surface area is 99.6 Å². The Kier molecular flexibility index (Phi) is 4.21. The predicted octanol–water partition coefficient (Wildman–Crippen LogP) is 3.56. The van der Waals surface area contributed by atoms with Crippen LogP contribution in [0.4, 0.5) is 8.78 Å². The summed E-state index contributed by atoms with van der Waals surface area (Å²) >= 11 is 0. The first-order valence-electron chi connectivity index (χ1n) is 5.42. The van der Waals surface area contributed by atoms with E-state index in [0.717, 1.165) is 6.07 Å². The molecule has 94 valence electrons. The van der Waals surface area contributed by atoms with Gasteiger partial charge in [0.1, 0.15) is 0 Å². The average Bonchev–Trinajstić information content (AvgIpc) is 2.20. The molecule has 0 bridgehead atoms. The quantitative estimate of drug-likeness (QED) is 0.757. The molecule has 0 amide bonds. The summed E-state index contributed by atoms with van der Waals surface area (Å²) in [6, 6.07) is 3.44. The molecule has 0 aliphatic carbocycles. The Morgan fingerprint density at radius 2 is 1.94 bits per heavy atom. The topological polar surface area (TPSA) is 26.3 Å². The van der Waals surface area contributed by atoms with Crippen molar-refractivity contribution in [1.82, 2.24) is 0 Å². The first kappa shape index (κ1) is 13.6. The number of benzene rings is 1. The van der Waals surface area contributed by atoms with Crippen LogP contribution in [0, 0.1) is 17.0 Å². The molecule has 0 atom stereocenters. The van der Waals surface area contributed by atoms with Gasteiger partial charge in [0.05, 0.1) is 12.2 Å². The third kappa shape index (κ3) is 4.13. The van der Waals surface area contributed by atoms with Gasteiger partial charge in [-0.3, -0.25) is 0 Å². The second-order valence-electron chi connectivity index (χ2n) is 5.05. The third-order valence-corrected chi connectivity index (χ3v) is 2.26. The van der Waals surface area contributed by atoms with E-state index in [2.05, 4.69) is 0 Å². The van der Waals surface area contributed by atoms with E-state index in [9.17, 15) is 13.6 Å². The molecule has 0 aliphatic rings. The zero-order valence-electron chi connectivity index (χ0n) is 10.2. The van der Waals surface area contributed by atoms with Crippen LogP contribution in [-0.4, -0.2) is 12.6 Å². The Morgan fingerprint density at radius 3 is 2.53 bits per heavy atom. The molecule has 0 N–H and O–H groups in total. The van der Waals surface area contributed by atoms with Gasteiger partial charge in [-0.15, -0.1) is 0 Å². The van der Waals surface area contributed by atoms with Gasteiger partial charge in [0.15, 0.2) is 11.6 Å². The van der Waals surface area contributed by atoms with Gasteiger partial charge in [0.25, 0.3) is 0 Å². The zero-order valence-corrected chi connectivity index (χ0v) is 10.2. The van der Waals surface area contributed by atoms with Gasteiger partial charge in [-0.05, 0) is 24.0 Å². The molecular weight excluding hydrogens is 226 g/mol. The van der Waals surface area contributed by atoms with E-state index in [1.54, 1.807) is 0 Å². The van der Waals surface area contributed by atoms with Crippen molar-refractivity contribution in [2.75, 3.05) is 6.61 Å². The first-order chi connectivity index (χ1) is 7.81. The molecule has 17 heavy (non-hydrogen) atoms. The van der Waals surface area contributed by atoms with Crippen molar-refractivity contribution in [3.63, 3.8) is 0 Å². The van der Waals surface area contributed by atoms with Crippen molar-refractivity contribution >= 4 is 5.97 Å². The number of hydrogen-bond donors (Lipinski definition) is 0. The van der Waals surface area contributed by atoms with Crippen molar-refractivity contribution in [3.8, 4) is 0 Å². The molecule has 0 aromatic heterocycles. The number of hydrogen-bond acceptors (Lipinski definition) is 2. The lowest BCUT2D eigenvalue weighted by Crippen LogP contribution is -2.14. The van der Waals surface area contributed by atoms with Crippen LogP contribution in [0.15, 0.2) is 18.2 Å². The molecule has 0 aliphatic heterocycles. The van der Waals surface area contributed by atoms with Crippen LogP contribution in [0.3, 0.4) is 0 Å². The van der Waals surface area contributed by atoms with Crippen LogP contribution in [0.5, 0.6) is 0 Å². The van der Waals surface area contributed by atoms with E-state index in [1.807, 2.05) is 20.8 Å². The molecule has 1 rings (SSSR count). The van der Waals surface area contributed by atoms with Gasteiger partial charge in [-0.1, -0.05) is 26.8 Å². The summed E-state index contributed by atoms with van der Waals surface area (Å²) in [5.74, 6) is -3.03. The van der Waals surface area contributed by atoms with Crippen LogP contribution in [-0.2, 0) is 4.74 Å². The highest BCUT2D eigenvalue weighted by molar-refractivity contribution is 5.89. The Hall–Kier alpha value is -1.45. The highest BCUT2D eigenvalue weighted by atomic mass is 19.2. The largest absolute Gasteiger partial charge is 0.462 e. The fourth-order valence-electron chi connectivity index (χ4n) is 1.19. The van der Waals surface area contributed by atoms with Crippen molar-refractivity contribution in [2.24, 2.45) is 5.41 Å². The molecular formula is C13H16F2O2. The Bertz CT molecular complexity index is 408. The molecule has 1 aromatic rings. The van der Waals surface area contributed by atoms with Crippen LogP contribution >= 0.6 is 0 Å². The summed E-state index contributed by atoms with van der Waals surface area (Å²) in [6.07, 6.45) is 0.662. The Balaban J connectivity index is 2.62. The maximum atomic E-state index is 13.2. The maximum absolute atomic E-state index is 13.2. The minimum absolute atomic E-state index is 0.0285. The van der Waals surface area contributed by atoms with E-state index in [-0.39, 0.29) is 17.6 Å². The number of carbonyl (C=O) groups excluding carboxylic acids is 1. The highest BCUT2D eigenvalue weighted by Crippen LogP contribution is 2.19. The van der Waals surface area contributed by atoms with Crippen LogP contribution < -0.4 is 0 Å². The van der Waals surface area contributed by atoms with Crippen molar-refractivity contribution in [3.05, 3.63) is 35.4 Å². The molecule has 2 nitrogen and oxygen atoms in total. The molecule has 0 saturated heterocycles. The molecule has 1 aromatic carbocycles. The summed E-state index contributed by atoms with van der Waals surface area (Å²) in [5, 5.41) is 0. The molecule has 0 heterocycles.